The van der Waals surface area contributed by atoms with Crippen LogP contribution in [0.2, 0.25) is 0 Å². The Morgan fingerprint density at radius 3 is 2.72 bits per heavy atom. The van der Waals surface area contributed by atoms with E-state index >= 15 is 0 Å². The predicted molar refractivity (Wildman–Crippen MR) is 167 cm³/mol. The van der Waals surface area contributed by atoms with Crippen LogP contribution < -0.4 is 10.1 Å². The van der Waals surface area contributed by atoms with Gasteiger partial charge in [-0.15, -0.1) is 11.8 Å². The molecule has 6 rings (SSSR count). The van der Waals surface area contributed by atoms with Crippen molar-refractivity contribution < 1.29 is 23.4 Å². The maximum atomic E-state index is 13.5. The third-order valence-corrected chi connectivity index (χ3v) is 9.40. The molecular formula is C31H35F2N9O3S. The quantitative estimate of drug-likeness (QED) is 0.189. The highest BCUT2D eigenvalue weighted by atomic mass is 32.2. The minimum Gasteiger partial charge on any atom is -0.434 e. The monoisotopic (exact) mass is 651 g/mol. The standard InChI is InChI=1S/C31H35F2N9O3S/c1-46-22-7-8-26(45-31(32)33)23(15-22)28-25(37-30(44)24-17-36-42-10-2-9-35-29(24)42)18-41(38-28)19-27(43)40-13-11-39(12-14-40)21-5-3-20(16-34)4-6-21/h2,7-10,15,17-18,20-21,30-31,37,44H,3-6,11-14,19H2,1H3/t20-,21-,30?. The number of nitrogens with one attached hydrogen (secondary N) is 1. The van der Waals surface area contributed by atoms with E-state index in [9.17, 15) is 23.9 Å². The number of hydrogen-bond acceptors (Lipinski definition) is 10. The van der Waals surface area contributed by atoms with Gasteiger partial charge in [-0.25, -0.2) is 9.50 Å². The minimum absolute atomic E-state index is 0.0798. The zero-order valence-corrected chi connectivity index (χ0v) is 26.1. The number of rotatable bonds is 10. The summed E-state index contributed by atoms with van der Waals surface area (Å²) in [5, 5.41) is 32.3. The fourth-order valence-corrected chi connectivity index (χ4v) is 6.68. The molecule has 1 atom stereocenters. The first-order valence-corrected chi connectivity index (χ1v) is 16.4. The fraction of sp³-hybridized carbons (Fsp3) is 0.452. The number of ether oxygens (including phenoxy) is 1. The second-order valence-corrected chi connectivity index (χ2v) is 12.3. The van der Waals surface area contributed by atoms with E-state index in [1.807, 2.05) is 11.2 Å². The number of hydrogen-bond donors (Lipinski definition) is 2. The summed E-state index contributed by atoms with van der Waals surface area (Å²) >= 11 is 1.43. The number of amides is 1. The molecule has 46 heavy (non-hydrogen) atoms. The molecule has 1 amide bonds. The Morgan fingerprint density at radius 1 is 1.22 bits per heavy atom. The van der Waals surface area contributed by atoms with E-state index in [1.165, 1.54) is 33.2 Å². The summed E-state index contributed by atoms with van der Waals surface area (Å²) in [6.45, 7) is -0.447. The molecule has 1 saturated heterocycles. The third kappa shape index (κ3) is 6.93. The topological polar surface area (TPSA) is 137 Å². The van der Waals surface area contributed by atoms with Gasteiger partial charge in [-0.05, 0) is 56.2 Å². The largest absolute Gasteiger partial charge is 0.434 e. The van der Waals surface area contributed by atoms with Gasteiger partial charge in [0.15, 0.2) is 11.9 Å². The number of carbonyl (C=O) groups excluding carboxylic acids is 1. The van der Waals surface area contributed by atoms with Gasteiger partial charge in [-0.2, -0.15) is 24.2 Å². The number of halogens is 2. The normalized spacial score (nSPS) is 19.7. The van der Waals surface area contributed by atoms with E-state index in [4.69, 9.17) is 4.74 Å². The number of thioether (sulfide) groups is 1. The van der Waals surface area contributed by atoms with Crippen molar-refractivity contribution in [2.45, 2.75) is 56.0 Å². The molecule has 0 bridgehead atoms. The number of benzene rings is 1. The molecule has 0 spiro atoms. The molecule has 1 saturated carbocycles. The zero-order chi connectivity index (χ0) is 32.2. The minimum atomic E-state index is -3.06. The van der Waals surface area contributed by atoms with Crippen LogP contribution in [0.4, 0.5) is 14.5 Å². The molecule has 1 aliphatic carbocycles. The molecule has 0 radical (unpaired) electrons. The summed E-state index contributed by atoms with van der Waals surface area (Å²) in [7, 11) is 0. The van der Waals surface area contributed by atoms with Crippen LogP contribution in [0, 0.1) is 17.2 Å². The molecule has 242 valence electrons. The van der Waals surface area contributed by atoms with Crippen LogP contribution >= 0.6 is 11.8 Å². The highest BCUT2D eigenvalue weighted by Gasteiger charge is 2.30. The number of nitrogens with zero attached hydrogens (tertiary/aromatic N) is 8. The number of carbonyl (C=O) groups is 1. The summed E-state index contributed by atoms with van der Waals surface area (Å²) in [4.78, 5) is 22.8. The smallest absolute Gasteiger partial charge is 0.387 e. The lowest BCUT2D eigenvalue weighted by molar-refractivity contribution is -0.134. The van der Waals surface area contributed by atoms with Crippen LogP contribution in [0.1, 0.15) is 37.5 Å². The van der Waals surface area contributed by atoms with Gasteiger partial charge in [0.2, 0.25) is 5.91 Å². The number of alkyl halides is 2. The predicted octanol–water partition coefficient (Wildman–Crippen LogP) is 4.25. The van der Waals surface area contributed by atoms with Crippen molar-refractivity contribution in [2.75, 3.05) is 37.8 Å². The SMILES string of the molecule is CSc1ccc(OC(F)F)c(-c2nn(CC(=O)N3CCN([C@H]4CC[C@H](C#N)CC4)CC3)cc2NC(O)c2cnn3cccnc23)c1. The molecule has 2 aliphatic rings. The molecule has 12 nitrogen and oxygen atoms in total. The van der Waals surface area contributed by atoms with Crippen LogP contribution in [0.15, 0.2) is 53.9 Å². The van der Waals surface area contributed by atoms with Crippen LogP contribution in [0.3, 0.4) is 0 Å². The lowest BCUT2D eigenvalue weighted by Crippen LogP contribution is -2.53. The Balaban J connectivity index is 1.23. The van der Waals surface area contributed by atoms with Crippen molar-refractivity contribution in [3.63, 3.8) is 0 Å². The van der Waals surface area contributed by atoms with Gasteiger partial charge < -0.3 is 20.1 Å². The van der Waals surface area contributed by atoms with Gasteiger partial charge in [-0.3, -0.25) is 14.4 Å². The number of anilines is 1. The molecule has 4 heterocycles. The fourth-order valence-electron chi connectivity index (χ4n) is 6.24. The molecular weight excluding hydrogens is 616 g/mol. The lowest BCUT2D eigenvalue weighted by atomic mass is 9.86. The first kappa shape index (κ1) is 31.7. The Bertz CT molecular complexity index is 1710. The number of fused-ring (bicyclic) bond motifs is 1. The number of nitriles is 1. The van der Waals surface area contributed by atoms with Crippen molar-refractivity contribution >= 4 is 29.0 Å². The second kappa shape index (κ2) is 14.0. The number of aromatic nitrogens is 5. The molecule has 1 aliphatic heterocycles. The van der Waals surface area contributed by atoms with Crippen LogP contribution in [0.5, 0.6) is 5.75 Å². The van der Waals surface area contributed by atoms with Gasteiger partial charge in [0.25, 0.3) is 0 Å². The van der Waals surface area contributed by atoms with E-state index in [0.29, 0.717) is 36.0 Å². The van der Waals surface area contributed by atoms with Gasteiger partial charge in [-0.1, -0.05) is 0 Å². The van der Waals surface area contributed by atoms with Gasteiger partial charge in [0.05, 0.1) is 23.5 Å². The van der Waals surface area contributed by atoms with Crippen LogP contribution in [-0.2, 0) is 11.3 Å². The van der Waals surface area contributed by atoms with Crippen molar-refractivity contribution in [1.82, 2.24) is 34.2 Å². The van der Waals surface area contributed by atoms with Crippen LogP contribution in [0.25, 0.3) is 16.9 Å². The number of aliphatic hydroxyl groups is 1. The first-order valence-electron chi connectivity index (χ1n) is 15.2. The molecule has 1 aromatic carbocycles. The van der Waals surface area contributed by atoms with Crippen molar-refractivity contribution in [3.8, 4) is 23.1 Å². The van der Waals surface area contributed by atoms with Crippen LogP contribution in [-0.4, -0.2) is 90.3 Å². The molecule has 3 aromatic heterocycles. The summed E-state index contributed by atoms with van der Waals surface area (Å²) in [6.07, 6.45) is 10.8. The van der Waals surface area contributed by atoms with E-state index in [2.05, 4.69) is 31.5 Å². The maximum Gasteiger partial charge on any atom is 0.387 e. The summed E-state index contributed by atoms with van der Waals surface area (Å²) < 4.78 is 34.7. The number of aliphatic hydroxyl groups excluding tert-OH is 1. The Labute approximate surface area is 268 Å². The van der Waals surface area contributed by atoms with Crippen molar-refractivity contribution in [1.29, 1.82) is 5.26 Å². The zero-order valence-electron chi connectivity index (χ0n) is 25.3. The average Bonchev–Trinajstić information content (AvgIpc) is 3.69. The first-order chi connectivity index (χ1) is 22.3. The van der Waals surface area contributed by atoms with Crippen molar-refractivity contribution in [2.24, 2.45) is 5.92 Å². The van der Waals surface area contributed by atoms with E-state index in [1.54, 1.807) is 36.8 Å². The highest BCUT2D eigenvalue weighted by Crippen LogP contribution is 2.38. The molecule has 2 N–H and O–H groups in total. The maximum absolute atomic E-state index is 13.5. The van der Waals surface area contributed by atoms with Gasteiger partial charge >= 0.3 is 6.61 Å². The Morgan fingerprint density at radius 2 is 2.00 bits per heavy atom. The molecule has 1 unspecified atom stereocenters. The average molecular weight is 652 g/mol. The summed E-state index contributed by atoms with van der Waals surface area (Å²) in [5.74, 6) is -0.0572. The van der Waals surface area contributed by atoms with E-state index in [0.717, 1.165) is 43.7 Å². The molecule has 2 fully saturated rings. The lowest BCUT2D eigenvalue weighted by Gasteiger charge is -2.41. The summed E-state index contributed by atoms with van der Waals surface area (Å²) in [5.41, 5.74) is 1.67. The number of piperazine rings is 1. The Hall–Kier alpha value is -4.26. The van der Waals surface area contributed by atoms with Gasteiger partial charge in [0, 0.05) is 67.2 Å². The second-order valence-electron chi connectivity index (χ2n) is 11.4. The van der Waals surface area contributed by atoms with Crippen molar-refractivity contribution in [3.05, 3.63) is 54.6 Å². The summed E-state index contributed by atoms with van der Waals surface area (Å²) in [6, 6.07) is 9.37. The third-order valence-electron chi connectivity index (χ3n) is 8.67. The van der Waals surface area contributed by atoms with Gasteiger partial charge in [0.1, 0.15) is 18.0 Å². The van der Waals surface area contributed by atoms with E-state index < -0.39 is 12.8 Å². The highest BCUT2D eigenvalue weighted by molar-refractivity contribution is 7.98. The molecule has 4 aromatic rings. The molecule has 15 heteroatoms. The van der Waals surface area contributed by atoms with E-state index in [-0.39, 0.29) is 35.4 Å². The Kier molecular flexibility index (Phi) is 9.67.